The maximum Gasteiger partial charge on any atom is 0.228 e. The SMILES string of the molecule is Cc1ccc(C)c(NC(=O)C2CC2c2ccccc2Cl)c1. The van der Waals surface area contributed by atoms with Gasteiger partial charge < -0.3 is 5.32 Å². The van der Waals surface area contributed by atoms with E-state index >= 15 is 0 Å². The molecule has 0 radical (unpaired) electrons. The van der Waals surface area contributed by atoms with Gasteiger partial charge in [0, 0.05) is 16.6 Å². The van der Waals surface area contributed by atoms with Gasteiger partial charge in [0.15, 0.2) is 0 Å². The van der Waals surface area contributed by atoms with Crippen molar-refractivity contribution in [1.29, 1.82) is 0 Å². The summed E-state index contributed by atoms with van der Waals surface area (Å²) in [6.07, 6.45) is 0.875. The number of carbonyl (C=O) groups is 1. The molecule has 2 nitrogen and oxygen atoms in total. The molecule has 0 aliphatic heterocycles. The number of carbonyl (C=O) groups excluding carboxylic acids is 1. The van der Waals surface area contributed by atoms with Gasteiger partial charge >= 0.3 is 0 Å². The molecule has 1 saturated carbocycles. The van der Waals surface area contributed by atoms with Crippen molar-refractivity contribution in [3.05, 3.63) is 64.2 Å². The van der Waals surface area contributed by atoms with Gasteiger partial charge in [-0.1, -0.05) is 41.9 Å². The molecule has 3 heteroatoms. The van der Waals surface area contributed by atoms with Crippen LogP contribution in [-0.4, -0.2) is 5.91 Å². The van der Waals surface area contributed by atoms with Crippen LogP contribution in [-0.2, 0) is 4.79 Å². The topological polar surface area (TPSA) is 29.1 Å². The van der Waals surface area contributed by atoms with E-state index in [1.807, 2.05) is 50.2 Å². The number of hydrogen-bond acceptors (Lipinski definition) is 1. The average Bonchev–Trinajstić information content (AvgIpc) is 3.24. The molecule has 1 amide bonds. The van der Waals surface area contributed by atoms with Crippen LogP contribution < -0.4 is 5.32 Å². The molecule has 3 rings (SSSR count). The fourth-order valence-electron chi connectivity index (χ4n) is 2.70. The lowest BCUT2D eigenvalue weighted by Gasteiger charge is -2.09. The van der Waals surface area contributed by atoms with Crippen LogP contribution in [0.5, 0.6) is 0 Å². The van der Waals surface area contributed by atoms with E-state index in [0.717, 1.165) is 33.8 Å². The highest BCUT2D eigenvalue weighted by molar-refractivity contribution is 6.31. The van der Waals surface area contributed by atoms with Crippen LogP contribution in [0, 0.1) is 19.8 Å². The first-order valence-corrected chi connectivity index (χ1v) is 7.56. The van der Waals surface area contributed by atoms with Gasteiger partial charge in [-0.15, -0.1) is 0 Å². The zero-order chi connectivity index (χ0) is 15.0. The number of hydrogen-bond donors (Lipinski definition) is 1. The third kappa shape index (κ3) is 2.96. The van der Waals surface area contributed by atoms with E-state index in [9.17, 15) is 4.79 Å². The molecule has 0 aromatic heterocycles. The van der Waals surface area contributed by atoms with E-state index in [-0.39, 0.29) is 17.7 Å². The van der Waals surface area contributed by atoms with Gasteiger partial charge in [-0.05, 0) is 55.0 Å². The molecular formula is C18H18ClNO. The Morgan fingerprint density at radius 1 is 1.19 bits per heavy atom. The zero-order valence-electron chi connectivity index (χ0n) is 12.2. The van der Waals surface area contributed by atoms with Crippen molar-refractivity contribution in [2.24, 2.45) is 5.92 Å². The molecule has 0 spiro atoms. The molecule has 21 heavy (non-hydrogen) atoms. The number of anilines is 1. The number of rotatable bonds is 3. The standard InChI is InChI=1S/C18H18ClNO/c1-11-7-8-12(2)17(9-11)20-18(21)15-10-14(15)13-5-3-4-6-16(13)19/h3-9,14-15H,10H2,1-2H3,(H,20,21). The minimum atomic E-state index is 0.0322. The zero-order valence-corrected chi connectivity index (χ0v) is 12.9. The lowest BCUT2D eigenvalue weighted by molar-refractivity contribution is -0.117. The summed E-state index contributed by atoms with van der Waals surface area (Å²) in [6.45, 7) is 4.03. The van der Waals surface area contributed by atoms with Gasteiger partial charge in [0.25, 0.3) is 0 Å². The van der Waals surface area contributed by atoms with Crippen molar-refractivity contribution >= 4 is 23.2 Å². The fraction of sp³-hybridized carbons (Fsp3) is 0.278. The Bertz CT molecular complexity index is 695. The van der Waals surface area contributed by atoms with Crippen LogP contribution in [0.25, 0.3) is 0 Å². The van der Waals surface area contributed by atoms with Crippen molar-refractivity contribution in [1.82, 2.24) is 0 Å². The van der Waals surface area contributed by atoms with Gasteiger partial charge in [0.05, 0.1) is 0 Å². The molecule has 2 unspecified atom stereocenters. The van der Waals surface area contributed by atoms with Crippen LogP contribution in [0.1, 0.15) is 29.0 Å². The quantitative estimate of drug-likeness (QED) is 0.874. The van der Waals surface area contributed by atoms with E-state index < -0.39 is 0 Å². The second kappa shape index (κ2) is 5.53. The van der Waals surface area contributed by atoms with E-state index in [1.54, 1.807) is 0 Å². The minimum absolute atomic E-state index is 0.0322. The van der Waals surface area contributed by atoms with Crippen LogP contribution in [0.3, 0.4) is 0 Å². The maximum atomic E-state index is 12.4. The van der Waals surface area contributed by atoms with E-state index in [1.165, 1.54) is 0 Å². The Hall–Kier alpha value is -1.80. The Balaban J connectivity index is 1.71. The largest absolute Gasteiger partial charge is 0.326 e. The number of halogens is 1. The number of aryl methyl sites for hydroxylation is 2. The van der Waals surface area contributed by atoms with Crippen LogP contribution >= 0.6 is 11.6 Å². The molecule has 1 aliphatic carbocycles. The van der Waals surface area contributed by atoms with Crippen molar-refractivity contribution in [3.8, 4) is 0 Å². The van der Waals surface area contributed by atoms with Crippen molar-refractivity contribution in [3.63, 3.8) is 0 Å². The first-order valence-electron chi connectivity index (χ1n) is 7.19. The van der Waals surface area contributed by atoms with Gasteiger partial charge in [-0.25, -0.2) is 0 Å². The lowest BCUT2D eigenvalue weighted by atomic mass is 10.1. The number of nitrogens with one attached hydrogen (secondary N) is 1. The molecule has 0 saturated heterocycles. The summed E-state index contributed by atoms with van der Waals surface area (Å²) in [7, 11) is 0. The van der Waals surface area contributed by atoms with Gasteiger partial charge in [-0.3, -0.25) is 4.79 Å². The van der Waals surface area contributed by atoms with E-state index in [2.05, 4.69) is 11.4 Å². The monoisotopic (exact) mass is 299 g/mol. The molecule has 0 bridgehead atoms. The first kappa shape index (κ1) is 14.2. The summed E-state index contributed by atoms with van der Waals surface area (Å²) < 4.78 is 0. The summed E-state index contributed by atoms with van der Waals surface area (Å²) in [6, 6.07) is 13.9. The molecule has 1 fully saturated rings. The third-order valence-corrected chi connectivity index (χ3v) is 4.43. The highest BCUT2D eigenvalue weighted by Gasteiger charge is 2.44. The molecule has 1 aliphatic rings. The summed E-state index contributed by atoms with van der Waals surface area (Å²) in [5.41, 5.74) is 4.23. The third-order valence-electron chi connectivity index (χ3n) is 4.08. The van der Waals surface area contributed by atoms with Crippen molar-refractivity contribution < 1.29 is 4.79 Å². The maximum absolute atomic E-state index is 12.4. The summed E-state index contributed by atoms with van der Waals surface area (Å²) in [5, 5.41) is 3.80. The van der Waals surface area contributed by atoms with E-state index in [0.29, 0.717) is 0 Å². The second-order valence-corrected chi connectivity index (χ2v) is 6.19. The summed E-state index contributed by atoms with van der Waals surface area (Å²) in [5.74, 6) is 0.377. The normalized spacial score (nSPS) is 20.1. The van der Waals surface area contributed by atoms with Crippen molar-refractivity contribution in [2.45, 2.75) is 26.2 Å². The lowest BCUT2D eigenvalue weighted by Crippen LogP contribution is -2.15. The predicted octanol–water partition coefficient (Wildman–Crippen LogP) is 4.70. The molecule has 2 aromatic rings. The molecule has 2 atom stereocenters. The highest BCUT2D eigenvalue weighted by Crippen LogP contribution is 2.50. The van der Waals surface area contributed by atoms with Gasteiger partial charge in [-0.2, -0.15) is 0 Å². The minimum Gasteiger partial charge on any atom is -0.326 e. The Kier molecular flexibility index (Phi) is 3.73. The molecule has 2 aromatic carbocycles. The highest BCUT2D eigenvalue weighted by atomic mass is 35.5. The number of benzene rings is 2. The van der Waals surface area contributed by atoms with Gasteiger partial charge in [0.2, 0.25) is 5.91 Å². The van der Waals surface area contributed by atoms with Crippen molar-refractivity contribution in [2.75, 3.05) is 5.32 Å². The van der Waals surface area contributed by atoms with Crippen LogP contribution in [0.4, 0.5) is 5.69 Å². The summed E-state index contributed by atoms with van der Waals surface area (Å²) >= 11 is 6.20. The smallest absolute Gasteiger partial charge is 0.228 e. The van der Waals surface area contributed by atoms with Gasteiger partial charge in [0.1, 0.15) is 0 Å². The molecular weight excluding hydrogens is 282 g/mol. The fourth-order valence-corrected chi connectivity index (χ4v) is 2.98. The number of amides is 1. The Morgan fingerprint density at radius 3 is 2.71 bits per heavy atom. The second-order valence-electron chi connectivity index (χ2n) is 5.78. The Labute approximate surface area is 130 Å². The average molecular weight is 300 g/mol. The van der Waals surface area contributed by atoms with E-state index in [4.69, 9.17) is 11.6 Å². The predicted molar refractivity (Wildman–Crippen MR) is 86.8 cm³/mol. The first-order chi connectivity index (χ1) is 10.1. The molecule has 0 heterocycles. The Morgan fingerprint density at radius 2 is 1.95 bits per heavy atom. The molecule has 108 valence electrons. The molecule has 1 N–H and O–H groups in total. The van der Waals surface area contributed by atoms with Crippen LogP contribution in [0.2, 0.25) is 5.02 Å². The van der Waals surface area contributed by atoms with Crippen LogP contribution in [0.15, 0.2) is 42.5 Å². The summed E-state index contributed by atoms with van der Waals surface area (Å²) in [4.78, 5) is 12.4.